The van der Waals surface area contributed by atoms with Gasteiger partial charge in [-0.15, -0.1) is 0 Å². The highest BCUT2D eigenvalue weighted by molar-refractivity contribution is 5.95. The van der Waals surface area contributed by atoms with Gasteiger partial charge in [0.1, 0.15) is 0 Å². The topological polar surface area (TPSA) is 65.5 Å². The van der Waals surface area contributed by atoms with Crippen LogP contribution in [0.15, 0.2) is 42.5 Å². The van der Waals surface area contributed by atoms with Crippen LogP contribution in [-0.4, -0.2) is 52.9 Å². The molecular weight excluding hydrogens is 412 g/mol. The van der Waals surface area contributed by atoms with E-state index in [0.29, 0.717) is 25.7 Å². The van der Waals surface area contributed by atoms with Crippen molar-refractivity contribution in [3.05, 3.63) is 65.0 Å². The summed E-state index contributed by atoms with van der Waals surface area (Å²) in [6.45, 7) is 3.86. The van der Waals surface area contributed by atoms with E-state index < -0.39 is 0 Å². The fourth-order valence-corrected chi connectivity index (χ4v) is 5.13. The Morgan fingerprint density at radius 2 is 1.70 bits per heavy atom. The Balaban J connectivity index is 1.39. The number of amides is 3. The van der Waals surface area contributed by atoms with E-state index in [0.717, 1.165) is 48.2 Å². The van der Waals surface area contributed by atoms with Crippen molar-refractivity contribution in [2.75, 3.05) is 20.1 Å². The zero-order chi connectivity index (χ0) is 23.2. The maximum atomic E-state index is 13.4. The third kappa shape index (κ3) is 5.73. The van der Waals surface area contributed by atoms with E-state index in [9.17, 15) is 9.59 Å². The van der Waals surface area contributed by atoms with Gasteiger partial charge < -0.3 is 15.1 Å². The van der Waals surface area contributed by atoms with E-state index in [1.807, 2.05) is 66.2 Å². The average molecular weight is 449 g/mol. The summed E-state index contributed by atoms with van der Waals surface area (Å²) in [5.74, 6) is 0.286. The molecule has 33 heavy (non-hydrogen) atoms. The van der Waals surface area contributed by atoms with Gasteiger partial charge in [0.2, 0.25) is 0 Å². The van der Waals surface area contributed by atoms with Gasteiger partial charge in [-0.2, -0.15) is 0 Å². The lowest BCUT2D eigenvalue weighted by atomic mass is 9.89. The minimum atomic E-state index is -0.0252. The Bertz CT molecular complexity index is 948. The molecule has 1 aliphatic heterocycles. The second-order valence-electron chi connectivity index (χ2n) is 9.50. The molecular formula is C27H36N4O2. The zero-order valence-corrected chi connectivity index (χ0v) is 19.9. The van der Waals surface area contributed by atoms with Crippen LogP contribution in [0, 0.1) is 6.92 Å². The first-order valence-electron chi connectivity index (χ1n) is 12.3. The largest absolute Gasteiger partial charge is 0.339 e. The van der Waals surface area contributed by atoms with Gasteiger partial charge in [0, 0.05) is 44.3 Å². The smallest absolute Gasteiger partial charge is 0.317 e. The van der Waals surface area contributed by atoms with Crippen molar-refractivity contribution in [1.29, 1.82) is 0 Å². The first-order chi connectivity index (χ1) is 16.0. The van der Waals surface area contributed by atoms with Crippen molar-refractivity contribution in [3.8, 4) is 0 Å². The molecule has 0 bridgehead atoms. The zero-order valence-electron chi connectivity index (χ0n) is 19.9. The number of nitrogens with one attached hydrogen (secondary N) is 1. The summed E-state index contributed by atoms with van der Waals surface area (Å²) in [4.78, 5) is 34.7. The van der Waals surface area contributed by atoms with Crippen LogP contribution in [0.5, 0.6) is 0 Å². The molecule has 1 aromatic carbocycles. The maximum absolute atomic E-state index is 13.4. The summed E-state index contributed by atoms with van der Waals surface area (Å²) in [7, 11) is 1.95. The Kier molecular flexibility index (Phi) is 7.63. The third-order valence-corrected chi connectivity index (χ3v) is 7.19. The molecule has 3 amide bonds. The number of carbonyl (C=O) groups is 2. The van der Waals surface area contributed by atoms with Gasteiger partial charge in [-0.3, -0.25) is 9.78 Å². The molecule has 6 nitrogen and oxygen atoms in total. The summed E-state index contributed by atoms with van der Waals surface area (Å²) in [6.07, 6.45) is 7.50. The van der Waals surface area contributed by atoms with Gasteiger partial charge in [0.15, 0.2) is 0 Å². The number of pyridine rings is 1. The molecule has 2 heterocycles. The molecule has 6 heteroatoms. The van der Waals surface area contributed by atoms with E-state index >= 15 is 0 Å². The monoisotopic (exact) mass is 448 g/mol. The Morgan fingerprint density at radius 1 is 1.00 bits per heavy atom. The van der Waals surface area contributed by atoms with Gasteiger partial charge in [-0.05, 0) is 50.3 Å². The number of nitrogens with zero attached hydrogens (tertiary/aromatic N) is 3. The van der Waals surface area contributed by atoms with Gasteiger partial charge in [-0.25, -0.2) is 4.79 Å². The number of carbonyl (C=O) groups excluding carboxylic acids is 2. The number of urea groups is 1. The first kappa shape index (κ1) is 23.3. The molecule has 1 aliphatic carbocycles. The number of hydrogen-bond donors (Lipinski definition) is 1. The summed E-state index contributed by atoms with van der Waals surface area (Å²) in [6, 6.07) is 14.2. The molecule has 0 atom stereocenters. The molecule has 2 aromatic rings. The Morgan fingerprint density at radius 3 is 2.39 bits per heavy atom. The second-order valence-corrected chi connectivity index (χ2v) is 9.50. The van der Waals surface area contributed by atoms with E-state index in [4.69, 9.17) is 4.98 Å². The Hall–Kier alpha value is -2.89. The highest BCUT2D eigenvalue weighted by Crippen LogP contribution is 2.31. The van der Waals surface area contributed by atoms with Crippen molar-refractivity contribution in [1.82, 2.24) is 20.1 Å². The van der Waals surface area contributed by atoms with Gasteiger partial charge in [0.25, 0.3) is 5.91 Å². The predicted octanol–water partition coefficient (Wildman–Crippen LogP) is 4.88. The number of hydrogen-bond acceptors (Lipinski definition) is 3. The summed E-state index contributed by atoms with van der Waals surface area (Å²) < 4.78 is 0. The van der Waals surface area contributed by atoms with Gasteiger partial charge in [0.05, 0.1) is 11.3 Å². The van der Waals surface area contributed by atoms with E-state index in [-0.39, 0.29) is 17.9 Å². The number of rotatable bonds is 5. The molecule has 0 radical (unpaired) electrons. The standard InChI is InChI=1S/C27H36N4O2/c1-20-13-14-24(26(32)30(2)23-11-7-4-8-12-23)25(29-20)22-15-17-31(18-16-22)27(33)28-19-21-9-5-3-6-10-21/h3,5-6,9-10,13-14,22-23H,4,7-8,11-12,15-19H2,1-2H3,(H,28,33). The number of piperidine rings is 1. The van der Waals surface area contributed by atoms with Crippen molar-refractivity contribution in [2.24, 2.45) is 0 Å². The number of likely N-dealkylation sites (tertiary alicyclic amines) is 1. The third-order valence-electron chi connectivity index (χ3n) is 7.19. The molecule has 0 spiro atoms. The Labute approximate surface area is 197 Å². The highest BCUT2D eigenvalue weighted by atomic mass is 16.2. The minimum Gasteiger partial charge on any atom is -0.339 e. The van der Waals surface area contributed by atoms with Crippen molar-refractivity contribution >= 4 is 11.9 Å². The van der Waals surface area contributed by atoms with E-state index in [1.54, 1.807) is 0 Å². The van der Waals surface area contributed by atoms with Crippen LogP contribution < -0.4 is 5.32 Å². The quantitative estimate of drug-likeness (QED) is 0.709. The van der Waals surface area contributed by atoms with Crippen LogP contribution in [0.1, 0.15) is 78.2 Å². The summed E-state index contributed by atoms with van der Waals surface area (Å²) in [5.41, 5.74) is 3.67. The van der Waals surface area contributed by atoms with Crippen LogP contribution in [0.25, 0.3) is 0 Å². The minimum absolute atomic E-state index is 0.0252. The highest BCUT2D eigenvalue weighted by Gasteiger charge is 2.30. The fraction of sp³-hybridized carbons (Fsp3) is 0.519. The van der Waals surface area contributed by atoms with Crippen LogP contribution in [-0.2, 0) is 6.54 Å². The normalized spacial score (nSPS) is 17.6. The molecule has 176 valence electrons. The molecule has 2 aliphatic rings. The van der Waals surface area contributed by atoms with Crippen LogP contribution in [0.2, 0.25) is 0 Å². The lowest BCUT2D eigenvalue weighted by Crippen LogP contribution is -2.44. The number of benzene rings is 1. The lowest BCUT2D eigenvalue weighted by molar-refractivity contribution is 0.0693. The summed E-state index contributed by atoms with van der Waals surface area (Å²) >= 11 is 0. The van der Waals surface area contributed by atoms with E-state index in [1.165, 1.54) is 19.3 Å². The van der Waals surface area contributed by atoms with Crippen LogP contribution >= 0.6 is 0 Å². The molecule has 1 aromatic heterocycles. The maximum Gasteiger partial charge on any atom is 0.317 e. The van der Waals surface area contributed by atoms with Crippen molar-refractivity contribution in [2.45, 2.75) is 70.4 Å². The van der Waals surface area contributed by atoms with Gasteiger partial charge >= 0.3 is 6.03 Å². The number of aromatic nitrogens is 1. The molecule has 1 saturated carbocycles. The number of aryl methyl sites for hydroxylation is 1. The van der Waals surface area contributed by atoms with Crippen molar-refractivity contribution in [3.63, 3.8) is 0 Å². The van der Waals surface area contributed by atoms with Gasteiger partial charge in [-0.1, -0.05) is 49.6 Å². The molecule has 1 N–H and O–H groups in total. The average Bonchev–Trinajstić information content (AvgIpc) is 2.87. The van der Waals surface area contributed by atoms with Crippen LogP contribution in [0.3, 0.4) is 0 Å². The molecule has 2 fully saturated rings. The summed E-state index contributed by atoms with van der Waals surface area (Å²) in [5, 5.41) is 3.02. The van der Waals surface area contributed by atoms with Crippen molar-refractivity contribution < 1.29 is 9.59 Å². The first-order valence-corrected chi connectivity index (χ1v) is 12.3. The van der Waals surface area contributed by atoms with Crippen LogP contribution in [0.4, 0.5) is 4.79 Å². The molecule has 0 unspecified atom stereocenters. The second kappa shape index (κ2) is 10.8. The SMILES string of the molecule is Cc1ccc(C(=O)N(C)C2CCCCC2)c(C2CCN(C(=O)NCc3ccccc3)CC2)n1. The lowest BCUT2D eigenvalue weighted by Gasteiger charge is -2.34. The fourth-order valence-electron chi connectivity index (χ4n) is 5.13. The molecule has 1 saturated heterocycles. The van der Waals surface area contributed by atoms with E-state index in [2.05, 4.69) is 5.32 Å². The molecule has 4 rings (SSSR count). The predicted molar refractivity (Wildman–Crippen MR) is 130 cm³/mol.